The lowest BCUT2D eigenvalue weighted by atomic mass is 9.87. The van der Waals surface area contributed by atoms with E-state index >= 15 is 0 Å². The van der Waals surface area contributed by atoms with E-state index in [1.54, 1.807) is 0 Å². The Kier molecular flexibility index (Phi) is 5.12. The van der Waals surface area contributed by atoms with E-state index in [4.69, 9.17) is 4.74 Å². The van der Waals surface area contributed by atoms with E-state index < -0.39 is 0 Å². The first-order valence-corrected chi connectivity index (χ1v) is 9.10. The fraction of sp³-hybridized carbons (Fsp3) is 0.409. The summed E-state index contributed by atoms with van der Waals surface area (Å²) in [5.74, 6) is 2.04. The van der Waals surface area contributed by atoms with Gasteiger partial charge in [-0.1, -0.05) is 45.0 Å². The van der Waals surface area contributed by atoms with Crippen molar-refractivity contribution in [1.29, 1.82) is 0 Å². The van der Waals surface area contributed by atoms with Crippen LogP contribution in [0.15, 0.2) is 48.5 Å². The predicted octanol–water partition coefficient (Wildman–Crippen LogP) is 5.50. The Morgan fingerprint density at radius 2 is 1.68 bits per heavy atom. The van der Waals surface area contributed by atoms with Crippen LogP contribution < -0.4 is 4.74 Å². The third-order valence-corrected chi connectivity index (χ3v) is 4.61. The first kappa shape index (κ1) is 17.5. The van der Waals surface area contributed by atoms with Crippen molar-refractivity contribution in [3.05, 3.63) is 59.9 Å². The van der Waals surface area contributed by atoms with Crippen molar-refractivity contribution in [3.63, 3.8) is 0 Å². The van der Waals surface area contributed by atoms with Gasteiger partial charge in [0.2, 0.25) is 0 Å². The van der Waals surface area contributed by atoms with Gasteiger partial charge >= 0.3 is 0 Å². The lowest BCUT2D eigenvalue weighted by molar-refractivity contribution is 0.303. The number of rotatable bonds is 6. The molecule has 25 heavy (non-hydrogen) atoms. The zero-order chi connectivity index (χ0) is 17.9. The molecule has 2 aromatic carbocycles. The number of hydrogen-bond donors (Lipinski definition) is 0. The van der Waals surface area contributed by atoms with E-state index in [1.807, 2.05) is 6.07 Å². The van der Waals surface area contributed by atoms with Crippen LogP contribution in [0.5, 0.6) is 5.75 Å². The number of aryl methyl sites for hydroxylation is 2. The normalized spacial score (nSPS) is 11.8. The van der Waals surface area contributed by atoms with E-state index in [0.29, 0.717) is 0 Å². The maximum absolute atomic E-state index is 5.89. The SMILES string of the molecule is Cc1nc2ccccc2n1CCCCOc1ccc(C(C)(C)C)cc1. The molecule has 0 N–H and O–H groups in total. The van der Waals surface area contributed by atoms with Crippen molar-refractivity contribution in [2.24, 2.45) is 0 Å². The van der Waals surface area contributed by atoms with Crippen LogP contribution in [0.25, 0.3) is 11.0 Å². The average molecular weight is 336 g/mol. The zero-order valence-corrected chi connectivity index (χ0v) is 15.7. The summed E-state index contributed by atoms with van der Waals surface area (Å²) in [7, 11) is 0. The Bertz CT molecular complexity index is 825. The number of benzene rings is 2. The number of nitrogens with zero attached hydrogens (tertiary/aromatic N) is 2. The van der Waals surface area contributed by atoms with Crippen molar-refractivity contribution in [1.82, 2.24) is 9.55 Å². The number of para-hydroxylation sites is 2. The molecule has 3 rings (SSSR count). The van der Waals surface area contributed by atoms with Crippen LogP contribution in [0.1, 0.15) is 45.0 Å². The number of hydrogen-bond acceptors (Lipinski definition) is 2. The highest BCUT2D eigenvalue weighted by Gasteiger charge is 2.12. The quantitative estimate of drug-likeness (QED) is 0.556. The van der Waals surface area contributed by atoms with Crippen molar-refractivity contribution in [2.75, 3.05) is 6.61 Å². The molecular weight excluding hydrogens is 308 g/mol. The van der Waals surface area contributed by atoms with E-state index in [-0.39, 0.29) is 5.41 Å². The van der Waals surface area contributed by atoms with E-state index in [0.717, 1.165) is 43.1 Å². The summed E-state index contributed by atoms with van der Waals surface area (Å²) in [6.45, 7) is 10.5. The number of aromatic nitrogens is 2. The Morgan fingerprint density at radius 1 is 0.960 bits per heavy atom. The highest BCUT2D eigenvalue weighted by Crippen LogP contribution is 2.24. The molecule has 0 aliphatic carbocycles. The molecule has 0 amide bonds. The molecule has 0 bridgehead atoms. The average Bonchev–Trinajstić information content (AvgIpc) is 2.90. The van der Waals surface area contributed by atoms with Gasteiger partial charge in [0.05, 0.1) is 17.6 Å². The molecule has 0 aliphatic heterocycles. The first-order valence-electron chi connectivity index (χ1n) is 9.10. The molecule has 3 heteroatoms. The Hall–Kier alpha value is -2.29. The molecule has 0 aliphatic rings. The summed E-state index contributed by atoms with van der Waals surface area (Å²) >= 11 is 0. The van der Waals surface area contributed by atoms with Gasteiger partial charge < -0.3 is 9.30 Å². The fourth-order valence-corrected chi connectivity index (χ4v) is 3.09. The monoisotopic (exact) mass is 336 g/mol. The molecule has 132 valence electrons. The third kappa shape index (κ3) is 4.22. The number of imidazole rings is 1. The third-order valence-electron chi connectivity index (χ3n) is 4.61. The summed E-state index contributed by atoms with van der Waals surface area (Å²) in [6.07, 6.45) is 2.12. The van der Waals surface area contributed by atoms with Crippen molar-refractivity contribution >= 4 is 11.0 Å². The van der Waals surface area contributed by atoms with Crippen LogP contribution in [0, 0.1) is 6.92 Å². The summed E-state index contributed by atoms with van der Waals surface area (Å²) in [5.41, 5.74) is 3.82. The lowest BCUT2D eigenvalue weighted by Crippen LogP contribution is -2.10. The molecule has 0 spiro atoms. The highest BCUT2D eigenvalue weighted by molar-refractivity contribution is 5.75. The molecule has 0 fully saturated rings. The number of unbranched alkanes of at least 4 members (excludes halogenated alkanes) is 1. The molecule has 3 nitrogen and oxygen atoms in total. The molecule has 0 atom stereocenters. The fourth-order valence-electron chi connectivity index (χ4n) is 3.09. The maximum Gasteiger partial charge on any atom is 0.119 e. The van der Waals surface area contributed by atoms with Crippen LogP contribution in [0.2, 0.25) is 0 Å². The zero-order valence-electron chi connectivity index (χ0n) is 15.7. The van der Waals surface area contributed by atoms with Gasteiger partial charge in [-0.25, -0.2) is 4.98 Å². The van der Waals surface area contributed by atoms with Crippen molar-refractivity contribution in [2.45, 2.75) is 52.5 Å². The van der Waals surface area contributed by atoms with Gasteiger partial charge in [-0.15, -0.1) is 0 Å². The maximum atomic E-state index is 5.89. The molecule has 3 aromatic rings. The van der Waals surface area contributed by atoms with Gasteiger partial charge in [-0.05, 0) is 55.0 Å². The molecule has 1 aromatic heterocycles. The van der Waals surface area contributed by atoms with Crippen LogP contribution in [0.4, 0.5) is 0 Å². The topological polar surface area (TPSA) is 27.1 Å². The molecular formula is C22H28N2O. The lowest BCUT2D eigenvalue weighted by Gasteiger charge is -2.19. The Balaban J connectivity index is 1.48. The van der Waals surface area contributed by atoms with Gasteiger partial charge in [0, 0.05) is 6.54 Å². The number of fused-ring (bicyclic) bond motifs is 1. The van der Waals surface area contributed by atoms with Gasteiger partial charge in [0.25, 0.3) is 0 Å². The minimum absolute atomic E-state index is 0.184. The molecule has 0 unspecified atom stereocenters. The Labute approximate surface area is 150 Å². The standard InChI is InChI=1S/C22H28N2O/c1-17-23-20-9-5-6-10-21(20)24(17)15-7-8-16-25-19-13-11-18(12-14-19)22(2,3)4/h5-6,9-14H,7-8,15-16H2,1-4H3. The largest absolute Gasteiger partial charge is 0.494 e. The summed E-state index contributed by atoms with van der Waals surface area (Å²) < 4.78 is 8.18. The first-order chi connectivity index (χ1) is 11.9. The molecule has 0 saturated heterocycles. The minimum atomic E-state index is 0.184. The van der Waals surface area contributed by atoms with Gasteiger partial charge in [0.15, 0.2) is 0 Å². The van der Waals surface area contributed by atoms with Crippen molar-refractivity contribution < 1.29 is 4.74 Å². The second-order valence-corrected chi connectivity index (χ2v) is 7.63. The van der Waals surface area contributed by atoms with Crippen LogP contribution in [-0.4, -0.2) is 16.2 Å². The second kappa shape index (κ2) is 7.30. The summed E-state index contributed by atoms with van der Waals surface area (Å²) in [6, 6.07) is 16.8. The minimum Gasteiger partial charge on any atom is -0.494 e. The van der Waals surface area contributed by atoms with Crippen LogP contribution in [-0.2, 0) is 12.0 Å². The Morgan fingerprint density at radius 3 is 2.40 bits per heavy atom. The second-order valence-electron chi connectivity index (χ2n) is 7.63. The van der Waals surface area contributed by atoms with Gasteiger partial charge in [0.1, 0.15) is 11.6 Å². The van der Waals surface area contributed by atoms with E-state index in [2.05, 4.69) is 79.7 Å². The van der Waals surface area contributed by atoms with Gasteiger partial charge in [-0.2, -0.15) is 0 Å². The molecule has 0 saturated carbocycles. The molecule has 1 heterocycles. The molecule has 0 radical (unpaired) electrons. The van der Waals surface area contributed by atoms with E-state index in [9.17, 15) is 0 Å². The summed E-state index contributed by atoms with van der Waals surface area (Å²) in [5, 5.41) is 0. The smallest absolute Gasteiger partial charge is 0.119 e. The van der Waals surface area contributed by atoms with E-state index in [1.165, 1.54) is 11.1 Å². The van der Waals surface area contributed by atoms with Crippen LogP contribution >= 0.6 is 0 Å². The highest BCUT2D eigenvalue weighted by atomic mass is 16.5. The number of ether oxygens (including phenoxy) is 1. The van der Waals surface area contributed by atoms with Gasteiger partial charge in [-0.3, -0.25) is 0 Å². The van der Waals surface area contributed by atoms with Crippen molar-refractivity contribution in [3.8, 4) is 5.75 Å². The summed E-state index contributed by atoms with van der Waals surface area (Å²) in [4.78, 5) is 4.62. The predicted molar refractivity (Wildman–Crippen MR) is 104 cm³/mol. The van der Waals surface area contributed by atoms with Crippen LogP contribution in [0.3, 0.4) is 0 Å².